The molecule has 0 aliphatic carbocycles. The predicted molar refractivity (Wildman–Crippen MR) is 85.0 cm³/mol. The van der Waals surface area contributed by atoms with Crippen LogP contribution in [0.4, 0.5) is 0 Å². The predicted octanol–water partition coefficient (Wildman–Crippen LogP) is 4.45. The molecule has 0 saturated heterocycles. The van der Waals surface area contributed by atoms with Gasteiger partial charge < -0.3 is 14.9 Å². The molecule has 1 unspecified atom stereocenters. The fourth-order valence-electron chi connectivity index (χ4n) is 2.48. The Labute approximate surface area is 128 Å². The lowest BCUT2D eigenvalue weighted by Crippen LogP contribution is -2.12. The Morgan fingerprint density at radius 3 is 2.71 bits per heavy atom. The number of rotatable bonds is 3. The number of hydrogen-bond donors (Lipinski definition) is 1. The number of benzene rings is 2. The highest BCUT2D eigenvalue weighted by atomic mass is 35.5. The van der Waals surface area contributed by atoms with E-state index in [2.05, 4.69) is 0 Å². The monoisotopic (exact) mass is 301 g/mol. The molecule has 0 spiro atoms. The highest BCUT2D eigenvalue weighted by Gasteiger charge is 2.19. The van der Waals surface area contributed by atoms with Crippen LogP contribution < -0.4 is 10.5 Å². The van der Waals surface area contributed by atoms with Crippen molar-refractivity contribution in [3.63, 3.8) is 0 Å². The molecular weight excluding hydrogens is 286 g/mol. The summed E-state index contributed by atoms with van der Waals surface area (Å²) in [7, 11) is 1.61. The van der Waals surface area contributed by atoms with E-state index in [0.29, 0.717) is 16.5 Å². The fourth-order valence-corrected chi connectivity index (χ4v) is 2.66. The number of nitrogens with two attached hydrogens (primary N) is 1. The van der Waals surface area contributed by atoms with E-state index in [-0.39, 0.29) is 0 Å². The SMILES string of the molecule is COc1ccc(Cl)cc1C(N)c1cc2c(C)cccc2o1. The second-order valence-corrected chi connectivity index (χ2v) is 5.44. The number of fused-ring (bicyclic) bond motifs is 1. The summed E-state index contributed by atoms with van der Waals surface area (Å²) in [5.41, 5.74) is 9.14. The molecule has 2 N–H and O–H groups in total. The van der Waals surface area contributed by atoms with Crippen LogP contribution in [0.2, 0.25) is 5.02 Å². The minimum absolute atomic E-state index is 0.426. The Morgan fingerprint density at radius 2 is 2.00 bits per heavy atom. The molecule has 0 amide bonds. The largest absolute Gasteiger partial charge is 0.496 e. The molecule has 1 atom stereocenters. The number of ether oxygens (including phenoxy) is 1. The van der Waals surface area contributed by atoms with Crippen LogP contribution in [0.15, 0.2) is 46.9 Å². The molecule has 3 aromatic rings. The lowest BCUT2D eigenvalue weighted by atomic mass is 10.0. The lowest BCUT2D eigenvalue weighted by Gasteiger charge is -2.14. The van der Waals surface area contributed by atoms with Gasteiger partial charge in [0, 0.05) is 16.0 Å². The van der Waals surface area contributed by atoms with Gasteiger partial charge in [0.05, 0.1) is 13.2 Å². The molecule has 2 aromatic carbocycles. The molecule has 0 saturated carbocycles. The summed E-state index contributed by atoms with van der Waals surface area (Å²) < 4.78 is 11.2. The van der Waals surface area contributed by atoms with Crippen molar-refractivity contribution >= 4 is 22.6 Å². The Bertz CT molecular complexity index is 795. The highest BCUT2D eigenvalue weighted by molar-refractivity contribution is 6.30. The zero-order valence-corrected chi connectivity index (χ0v) is 12.6. The fraction of sp³-hybridized carbons (Fsp3) is 0.176. The van der Waals surface area contributed by atoms with Crippen molar-refractivity contribution in [2.24, 2.45) is 5.73 Å². The van der Waals surface area contributed by atoms with Gasteiger partial charge in [0.1, 0.15) is 17.1 Å². The van der Waals surface area contributed by atoms with Crippen LogP contribution in [0.5, 0.6) is 5.75 Å². The quantitative estimate of drug-likeness (QED) is 0.777. The molecule has 0 radical (unpaired) electrons. The molecule has 1 aromatic heterocycles. The van der Waals surface area contributed by atoms with Crippen molar-refractivity contribution in [2.45, 2.75) is 13.0 Å². The summed E-state index contributed by atoms with van der Waals surface area (Å²) in [4.78, 5) is 0. The molecule has 0 aliphatic rings. The van der Waals surface area contributed by atoms with Crippen LogP contribution >= 0.6 is 11.6 Å². The normalized spacial score (nSPS) is 12.6. The zero-order chi connectivity index (χ0) is 15.0. The van der Waals surface area contributed by atoms with Crippen LogP contribution in [0.1, 0.15) is 22.9 Å². The highest BCUT2D eigenvalue weighted by Crippen LogP contribution is 2.34. The average molecular weight is 302 g/mol. The van der Waals surface area contributed by atoms with Crippen LogP contribution in [0.3, 0.4) is 0 Å². The smallest absolute Gasteiger partial charge is 0.134 e. The van der Waals surface area contributed by atoms with Crippen molar-refractivity contribution in [1.29, 1.82) is 0 Å². The van der Waals surface area contributed by atoms with E-state index < -0.39 is 6.04 Å². The zero-order valence-electron chi connectivity index (χ0n) is 11.9. The van der Waals surface area contributed by atoms with Crippen molar-refractivity contribution in [2.75, 3.05) is 7.11 Å². The van der Waals surface area contributed by atoms with Gasteiger partial charge in [-0.15, -0.1) is 0 Å². The van der Waals surface area contributed by atoms with Gasteiger partial charge in [0.25, 0.3) is 0 Å². The second-order valence-electron chi connectivity index (χ2n) is 5.00. The van der Waals surface area contributed by atoms with Crippen LogP contribution in [-0.4, -0.2) is 7.11 Å². The van der Waals surface area contributed by atoms with Gasteiger partial charge in [0.15, 0.2) is 0 Å². The average Bonchev–Trinajstić information content (AvgIpc) is 2.92. The number of methoxy groups -OCH3 is 1. The summed E-state index contributed by atoms with van der Waals surface area (Å²) in [6.07, 6.45) is 0. The van der Waals surface area contributed by atoms with E-state index in [1.165, 1.54) is 0 Å². The summed E-state index contributed by atoms with van der Waals surface area (Å²) in [6.45, 7) is 2.05. The van der Waals surface area contributed by atoms with E-state index in [1.54, 1.807) is 13.2 Å². The minimum Gasteiger partial charge on any atom is -0.496 e. The summed E-state index contributed by atoms with van der Waals surface area (Å²) in [6, 6.07) is 12.9. The topological polar surface area (TPSA) is 48.4 Å². The van der Waals surface area contributed by atoms with Crippen LogP contribution in [0.25, 0.3) is 11.0 Å². The van der Waals surface area contributed by atoms with Gasteiger partial charge >= 0.3 is 0 Å². The van der Waals surface area contributed by atoms with Gasteiger partial charge in [-0.2, -0.15) is 0 Å². The number of halogens is 1. The minimum atomic E-state index is -0.426. The number of hydrogen-bond acceptors (Lipinski definition) is 3. The first-order valence-corrected chi connectivity index (χ1v) is 7.06. The molecule has 3 rings (SSSR count). The van der Waals surface area contributed by atoms with Crippen molar-refractivity contribution in [3.8, 4) is 5.75 Å². The van der Waals surface area contributed by atoms with Crippen LogP contribution in [-0.2, 0) is 0 Å². The molecule has 3 nitrogen and oxygen atoms in total. The molecule has 1 heterocycles. The Morgan fingerprint density at radius 1 is 1.19 bits per heavy atom. The van der Waals surface area contributed by atoms with Gasteiger partial charge in [-0.1, -0.05) is 23.7 Å². The van der Waals surface area contributed by atoms with Gasteiger partial charge in [0.2, 0.25) is 0 Å². The third kappa shape index (κ3) is 2.50. The Balaban J connectivity index is 2.10. The van der Waals surface area contributed by atoms with E-state index in [4.69, 9.17) is 26.5 Å². The molecule has 21 heavy (non-hydrogen) atoms. The van der Waals surface area contributed by atoms with E-state index in [9.17, 15) is 0 Å². The summed E-state index contributed by atoms with van der Waals surface area (Å²) in [5, 5.41) is 1.69. The molecule has 0 fully saturated rings. The third-order valence-corrected chi connectivity index (χ3v) is 3.87. The van der Waals surface area contributed by atoms with Gasteiger partial charge in [-0.05, 0) is 42.8 Å². The Kier molecular flexibility index (Phi) is 3.62. The molecule has 108 valence electrons. The lowest BCUT2D eigenvalue weighted by molar-refractivity contribution is 0.404. The molecule has 4 heteroatoms. The van der Waals surface area contributed by atoms with Gasteiger partial charge in [-0.25, -0.2) is 0 Å². The maximum absolute atomic E-state index is 6.34. The van der Waals surface area contributed by atoms with Crippen molar-refractivity contribution in [3.05, 3.63) is 64.4 Å². The summed E-state index contributed by atoms with van der Waals surface area (Å²) >= 11 is 6.07. The maximum atomic E-state index is 6.34. The van der Waals surface area contributed by atoms with E-state index >= 15 is 0 Å². The maximum Gasteiger partial charge on any atom is 0.134 e. The summed E-state index contributed by atoms with van der Waals surface area (Å²) in [5.74, 6) is 1.39. The number of aryl methyl sites for hydroxylation is 1. The van der Waals surface area contributed by atoms with Crippen molar-refractivity contribution < 1.29 is 9.15 Å². The van der Waals surface area contributed by atoms with Gasteiger partial charge in [-0.3, -0.25) is 0 Å². The number of furan rings is 1. The van der Waals surface area contributed by atoms with E-state index in [0.717, 1.165) is 22.1 Å². The molecule has 0 bridgehead atoms. The first kappa shape index (κ1) is 14.0. The Hall–Kier alpha value is -1.97. The van der Waals surface area contributed by atoms with Crippen LogP contribution in [0, 0.1) is 6.92 Å². The van der Waals surface area contributed by atoms with E-state index in [1.807, 2.05) is 43.3 Å². The standard InChI is InChI=1S/C17H16ClNO2/c1-10-4-3-5-15-12(10)9-16(21-15)17(19)13-8-11(18)6-7-14(13)20-2/h3-9,17H,19H2,1-2H3. The molecule has 0 aliphatic heterocycles. The first-order valence-electron chi connectivity index (χ1n) is 6.68. The third-order valence-electron chi connectivity index (χ3n) is 3.63. The first-order chi connectivity index (χ1) is 10.1. The van der Waals surface area contributed by atoms with Crippen molar-refractivity contribution in [1.82, 2.24) is 0 Å². The second kappa shape index (κ2) is 5.43. The molecular formula is C17H16ClNO2.